The Bertz CT molecular complexity index is 719. The first-order valence-corrected chi connectivity index (χ1v) is 8.06. The fourth-order valence-electron chi connectivity index (χ4n) is 2.90. The van der Waals surface area contributed by atoms with E-state index in [1.807, 2.05) is 6.07 Å². The number of carbonyl (C=O) groups is 1. The molecule has 2 aliphatic rings. The zero-order valence-corrected chi connectivity index (χ0v) is 14.6. The predicted molar refractivity (Wildman–Crippen MR) is 89.5 cm³/mol. The number of anilines is 1. The average molecular weight is 430 g/mol. The lowest BCUT2D eigenvalue weighted by Crippen LogP contribution is -2.59. The molecule has 9 heteroatoms. The zero-order chi connectivity index (χ0) is 16.8. The number of hydrogen-bond donors (Lipinski definition) is 2. The van der Waals surface area contributed by atoms with Crippen LogP contribution in [0.2, 0.25) is 0 Å². The maximum atomic E-state index is 12.5. The van der Waals surface area contributed by atoms with Crippen molar-refractivity contribution >= 4 is 34.2 Å². The number of aliphatic hydroxyl groups is 1. The molecule has 0 unspecified atom stereocenters. The number of carbonyl (C=O) groups excluding carboxylic acids is 1. The molecule has 0 aromatic heterocycles. The molecule has 0 radical (unpaired) electrons. The van der Waals surface area contributed by atoms with Gasteiger partial charge in [-0.15, -0.1) is 0 Å². The fourth-order valence-corrected chi connectivity index (χ4v) is 3.53. The smallest absolute Gasteiger partial charge is 0.263 e. The second-order valence-corrected chi connectivity index (χ2v) is 7.07. The van der Waals surface area contributed by atoms with Gasteiger partial charge in [0.05, 0.1) is 18.3 Å². The van der Waals surface area contributed by atoms with Gasteiger partial charge in [0.1, 0.15) is 6.10 Å². The van der Waals surface area contributed by atoms with Gasteiger partial charge in [0.2, 0.25) is 0 Å². The summed E-state index contributed by atoms with van der Waals surface area (Å²) in [5.74, 6) is -1.61. The number of nitrogens with one attached hydrogen (secondary N) is 1. The molecule has 0 spiro atoms. The zero-order valence-electron chi connectivity index (χ0n) is 12.5. The lowest BCUT2D eigenvalue weighted by Gasteiger charge is -2.44. The minimum Gasteiger partial charge on any atom is -0.373 e. The third kappa shape index (κ3) is 2.58. The van der Waals surface area contributed by atoms with Crippen molar-refractivity contribution in [2.45, 2.75) is 37.4 Å². The number of azide groups is 1. The van der Waals surface area contributed by atoms with Gasteiger partial charge in [-0.2, -0.15) is 0 Å². The first-order chi connectivity index (χ1) is 10.8. The summed E-state index contributed by atoms with van der Waals surface area (Å²) in [6.45, 7) is 3.41. The topological polar surface area (TPSA) is 117 Å². The van der Waals surface area contributed by atoms with Crippen LogP contribution in [0.3, 0.4) is 0 Å². The van der Waals surface area contributed by atoms with Crippen molar-refractivity contribution in [1.29, 1.82) is 0 Å². The Morgan fingerprint density at radius 1 is 1.52 bits per heavy atom. The van der Waals surface area contributed by atoms with Crippen LogP contribution < -0.4 is 5.32 Å². The van der Waals surface area contributed by atoms with Gasteiger partial charge in [0, 0.05) is 14.0 Å². The van der Waals surface area contributed by atoms with Gasteiger partial charge in [-0.1, -0.05) is 17.2 Å². The van der Waals surface area contributed by atoms with Gasteiger partial charge in [0.15, 0.2) is 11.4 Å². The molecule has 0 aliphatic carbocycles. The largest absolute Gasteiger partial charge is 0.373 e. The maximum absolute atomic E-state index is 12.5. The summed E-state index contributed by atoms with van der Waals surface area (Å²) in [7, 11) is 0. The Kier molecular flexibility index (Phi) is 4.01. The molecule has 1 amide bonds. The summed E-state index contributed by atoms with van der Waals surface area (Å²) in [6, 6.07) is 4.41. The van der Waals surface area contributed by atoms with E-state index in [1.165, 1.54) is 0 Å². The number of nitrogens with zero attached hydrogens (tertiary/aromatic N) is 3. The molecule has 3 atom stereocenters. The molecule has 0 bridgehead atoms. The van der Waals surface area contributed by atoms with Crippen LogP contribution in [-0.2, 0) is 19.9 Å². The summed E-state index contributed by atoms with van der Waals surface area (Å²) >= 11 is 2.08. The molecule has 23 heavy (non-hydrogen) atoms. The Hall–Kier alpha value is -1.39. The molecule has 3 rings (SSSR count). The highest BCUT2D eigenvalue weighted by Gasteiger charge is 2.57. The highest BCUT2D eigenvalue weighted by Crippen LogP contribution is 2.45. The van der Waals surface area contributed by atoms with E-state index in [-0.39, 0.29) is 6.61 Å². The summed E-state index contributed by atoms with van der Waals surface area (Å²) in [5, 5.41) is 17.5. The summed E-state index contributed by atoms with van der Waals surface area (Å²) < 4.78 is 12.1. The number of rotatable bonds is 2. The molecule has 1 aromatic carbocycles. The molecule has 0 saturated carbocycles. The van der Waals surface area contributed by atoms with Crippen LogP contribution in [0.15, 0.2) is 23.3 Å². The van der Waals surface area contributed by atoms with E-state index in [1.54, 1.807) is 26.0 Å². The second kappa shape index (κ2) is 5.60. The SMILES string of the molecule is CC1(C)OC[C@@H](N=[N+]=[N-])[C@H]([C@]2(O)C(=O)Nc3c(I)cccc32)O1. The van der Waals surface area contributed by atoms with Gasteiger partial charge in [-0.25, -0.2) is 0 Å². The third-order valence-corrected chi connectivity index (χ3v) is 4.88. The number of halogens is 1. The molecule has 2 N–H and O–H groups in total. The fraction of sp³-hybridized carbons (Fsp3) is 0.500. The van der Waals surface area contributed by atoms with E-state index >= 15 is 0 Å². The van der Waals surface area contributed by atoms with Crippen molar-refractivity contribution in [3.05, 3.63) is 37.8 Å². The number of hydrogen-bond acceptors (Lipinski definition) is 5. The lowest BCUT2D eigenvalue weighted by atomic mass is 9.85. The van der Waals surface area contributed by atoms with Crippen molar-refractivity contribution in [3.63, 3.8) is 0 Å². The quantitative estimate of drug-likeness (QED) is 0.324. The molecular weight excluding hydrogens is 415 g/mol. The van der Waals surface area contributed by atoms with Gasteiger partial charge in [-0.05, 0) is 48.0 Å². The van der Waals surface area contributed by atoms with E-state index in [9.17, 15) is 9.90 Å². The van der Waals surface area contributed by atoms with E-state index < -0.39 is 29.4 Å². The van der Waals surface area contributed by atoms with Crippen molar-refractivity contribution in [2.75, 3.05) is 11.9 Å². The Morgan fingerprint density at radius 2 is 2.26 bits per heavy atom. The van der Waals surface area contributed by atoms with Gasteiger partial charge < -0.3 is 19.9 Å². The molecule has 8 nitrogen and oxygen atoms in total. The number of ether oxygens (including phenoxy) is 2. The highest BCUT2D eigenvalue weighted by atomic mass is 127. The molecule has 2 heterocycles. The number of fused-ring (bicyclic) bond motifs is 1. The van der Waals surface area contributed by atoms with Crippen molar-refractivity contribution in [1.82, 2.24) is 0 Å². The molecule has 122 valence electrons. The van der Waals surface area contributed by atoms with Gasteiger partial charge in [-0.3, -0.25) is 4.79 Å². The van der Waals surface area contributed by atoms with Crippen LogP contribution in [0.1, 0.15) is 19.4 Å². The second-order valence-electron chi connectivity index (χ2n) is 5.90. The summed E-state index contributed by atoms with van der Waals surface area (Å²) in [4.78, 5) is 15.3. The normalized spacial score (nSPS) is 31.9. The monoisotopic (exact) mass is 430 g/mol. The van der Waals surface area contributed by atoms with Crippen molar-refractivity contribution in [2.24, 2.45) is 5.11 Å². The van der Waals surface area contributed by atoms with Crippen LogP contribution in [0.5, 0.6) is 0 Å². The standard InChI is InChI=1S/C14H15IN4O4/c1-13(2)22-6-9(18-19-16)11(23-13)14(21)7-4-3-5-8(15)10(7)17-12(14)20/h3-5,9,11,21H,6H2,1-2H3,(H,17,20)/t9-,11-,14+/m1/s1. The van der Waals surface area contributed by atoms with E-state index in [0.717, 1.165) is 3.57 Å². The van der Waals surface area contributed by atoms with Crippen LogP contribution in [0, 0.1) is 3.57 Å². The Labute approximate surface area is 145 Å². The molecule has 1 fully saturated rings. The minimum absolute atomic E-state index is 0.0522. The Balaban J connectivity index is 2.12. The summed E-state index contributed by atoms with van der Waals surface area (Å²) in [5.41, 5.74) is 7.78. The minimum atomic E-state index is -1.95. The maximum Gasteiger partial charge on any atom is 0.263 e. The van der Waals surface area contributed by atoms with Gasteiger partial charge >= 0.3 is 0 Å². The lowest BCUT2D eigenvalue weighted by molar-refractivity contribution is -0.306. The van der Waals surface area contributed by atoms with Crippen LogP contribution >= 0.6 is 22.6 Å². The predicted octanol–water partition coefficient (Wildman–Crippen LogP) is 2.26. The van der Waals surface area contributed by atoms with Crippen LogP contribution in [0.4, 0.5) is 5.69 Å². The molecule has 2 aliphatic heterocycles. The van der Waals surface area contributed by atoms with Crippen molar-refractivity contribution < 1.29 is 19.4 Å². The first-order valence-electron chi connectivity index (χ1n) is 6.98. The highest BCUT2D eigenvalue weighted by molar-refractivity contribution is 14.1. The van der Waals surface area contributed by atoms with Gasteiger partial charge in [0.25, 0.3) is 5.91 Å². The third-order valence-electron chi connectivity index (χ3n) is 3.98. The van der Waals surface area contributed by atoms with E-state index in [2.05, 4.69) is 37.9 Å². The number of benzene rings is 1. The molecule has 1 aromatic rings. The Morgan fingerprint density at radius 3 is 2.96 bits per heavy atom. The van der Waals surface area contributed by atoms with E-state index in [0.29, 0.717) is 11.3 Å². The number of para-hydroxylation sites is 1. The first kappa shape index (κ1) is 16.5. The number of amides is 1. The molecular formula is C14H15IN4O4. The van der Waals surface area contributed by atoms with Crippen molar-refractivity contribution in [3.8, 4) is 0 Å². The van der Waals surface area contributed by atoms with Crippen LogP contribution in [0.25, 0.3) is 10.4 Å². The summed E-state index contributed by atoms with van der Waals surface area (Å²) in [6.07, 6.45) is -1.05. The average Bonchev–Trinajstić information content (AvgIpc) is 2.76. The molecule has 1 saturated heterocycles. The van der Waals surface area contributed by atoms with E-state index in [4.69, 9.17) is 15.0 Å². The van der Waals surface area contributed by atoms with Crippen LogP contribution in [-0.4, -0.2) is 35.6 Å².